The molecular formula is C70H74N10O12Zn2. The fraction of sp³-hybridized carbons (Fsp3) is 0.286. The molecule has 0 amide bonds. The molecule has 8 aromatic rings. The molecule has 0 unspecified atom stereocenters. The minimum Gasteiger partial charge on any atom is -0.872 e. The number of pyridine rings is 2. The Balaban J connectivity index is 0.000000388. The second kappa shape index (κ2) is 33.3. The van der Waals surface area contributed by atoms with Crippen molar-refractivity contribution in [2.24, 2.45) is 20.0 Å². The van der Waals surface area contributed by atoms with Crippen LogP contribution in [0.15, 0.2) is 153 Å². The van der Waals surface area contributed by atoms with Crippen molar-refractivity contribution in [2.45, 2.75) is 132 Å². The normalized spacial score (nSPS) is 11.6. The molecule has 480 valence electrons. The minimum absolute atomic E-state index is 0. The van der Waals surface area contributed by atoms with E-state index in [0.717, 1.165) is 58.5 Å². The number of nitro benzene ring substituents is 4. The number of nitrogens with zero attached hydrogens (tertiary/aromatic N) is 10. The molecule has 0 aliphatic rings. The molecule has 0 aliphatic carbocycles. The van der Waals surface area contributed by atoms with E-state index in [1.165, 1.54) is 12.4 Å². The predicted octanol–water partition coefficient (Wildman–Crippen LogP) is 14.9. The summed E-state index contributed by atoms with van der Waals surface area (Å²) in [6.07, 6.45) is 5.01. The van der Waals surface area contributed by atoms with E-state index in [0.29, 0.717) is 57.1 Å². The van der Waals surface area contributed by atoms with Crippen LogP contribution in [0.5, 0.6) is 23.0 Å². The van der Waals surface area contributed by atoms with E-state index < -0.39 is 53.9 Å². The number of benzene rings is 6. The fourth-order valence-electron chi connectivity index (χ4n) is 8.67. The van der Waals surface area contributed by atoms with E-state index in [-0.39, 0.29) is 83.2 Å². The first-order valence-corrected chi connectivity index (χ1v) is 28.9. The number of aliphatic imine (C=N–C) groups is 4. The van der Waals surface area contributed by atoms with E-state index in [9.17, 15) is 60.9 Å². The van der Waals surface area contributed by atoms with E-state index in [2.05, 4.69) is 71.5 Å². The van der Waals surface area contributed by atoms with Gasteiger partial charge in [0.05, 0.1) is 54.6 Å². The molecule has 6 aromatic carbocycles. The minimum atomic E-state index is -0.991. The van der Waals surface area contributed by atoms with Crippen LogP contribution in [0, 0.1) is 68.2 Å². The molecule has 0 bridgehead atoms. The van der Waals surface area contributed by atoms with Gasteiger partial charge in [-0.3, -0.25) is 70.4 Å². The maximum Gasteiger partial charge on any atom is 2.00 e. The number of aryl methyl sites for hydroxylation is 4. The van der Waals surface area contributed by atoms with Gasteiger partial charge in [-0.15, -0.1) is 0 Å². The van der Waals surface area contributed by atoms with Gasteiger partial charge in [-0.05, 0) is 154 Å². The van der Waals surface area contributed by atoms with Gasteiger partial charge in [0.2, 0.25) is 0 Å². The zero-order valence-electron chi connectivity index (χ0n) is 55.8. The monoisotopic (exact) mass is 1370 g/mol. The van der Waals surface area contributed by atoms with Crippen LogP contribution in [0.4, 0.5) is 45.5 Å². The first kappa shape index (κ1) is 78.6. The van der Waals surface area contributed by atoms with Crippen LogP contribution < -0.4 is 20.4 Å². The van der Waals surface area contributed by atoms with Crippen molar-refractivity contribution in [1.29, 1.82) is 0 Å². The molecule has 0 radical (unpaired) electrons. The van der Waals surface area contributed by atoms with Gasteiger partial charge in [-0.25, -0.2) is 0 Å². The molecule has 22 nitrogen and oxygen atoms in total. The number of aromatic nitrogens is 2. The SMILES string of the molecule is CC(C)(C)c1cc(C=Nc2ccccc2N=Cc2cc([N+](=O)[O-])cc([N+](=O)[O-])c2[O-])c([O-])c(C(C)(C)C)c1.CC(C)(C)c1cc(C=Nc2ccccc2N=Cc2cc([N+](=O)[O-])cc([N+](=O)[O-])c2[O-])c([O-])c(C(C)(C)C)c1.Cc1cccc(C)n1.Cc1cccc(C)n1.[Zn+2].[Zn+2]. The van der Waals surface area contributed by atoms with Crippen molar-refractivity contribution in [3.8, 4) is 23.0 Å². The number of rotatable bonds is 12. The fourth-order valence-corrected chi connectivity index (χ4v) is 8.67. The molecule has 24 heteroatoms. The van der Waals surface area contributed by atoms with Crippen LogP contribution in [0.1, 0.15) is 150 Å². The molecule has 0 aliphatic heterocycles. The molecule has 0 atom stereocenters. The van der Waals surface area contributed by atoms with Crippen LogP contribution in [0.2, 0.25) is 0 Å². The second-order valence-electron chi connectivity index (χ2n) is 25.5. The molecule has 2 aromatic heterocycles. The Kier molecular flexibility index (Phi) is 27.8. The summed E-state index contributed by atoms with van der Waals surface area (Å²) in [6, 6.07) is 35.9. The van der Waals surface area contributed by atoms with E-state index >= 15 is 0 Å². The zero-order chi connectivity index (χ0) is 68.8. The Morgan fingerprint density at radius 1 is 0.340 bits per heavy atom. The summed E-state index contributed by atoms with van der Waals surface area (Å²) >= 11 is 0. The summed E-state index contributed by atoms with van der Waals surface area (Å²) in [7, 11) is 0. The van der Waals surface area contributed by atoms with Gasteiger partial charge in [-0.1, -0.05) is 155 Å². The van der Waals surface area contributed by atoms with E-state index in [1.807, 2.05) is 130 Å². The smallest absolute Gasteiger partial charge is 0.872 e. The first-order chi connectivity index (χ1) is 42.8. The molecule has 2 heterocycles. The van der Waals surface area contributed by atoms with Gasteiger partial charge in [0.1, 0.15) is 0 Å². The van der Waals surface area contributed by atoms with Crippen molar-refractivity contribution in [1.82, 2.24) is 9.97 Å². The molecule has 0 saturated heterocycles. The van der Waals surface area contributed by atoms with Crippen molar-refractivity contribution in [3.05, 3.63) is 241 Å². The quantitative estimate of drug-likeness (QED) is 0.0475. The molecular weight excluding hydrogens is 1300 g/mol. The van der Waals surface area contributed by atoms with Gasteiger partial charge in [0, 0.05) is 59.8 Å². The summed E-state index contributed by atoms with van der Waals surface area (Å²) in [4.78, 5) is 66.9. The van der Waals surface area contributed by atoms with Crippen molar-refractivity contribution in [3.63, 3.8) is 0 Å². The predicted molar refractivity (Wildman–Crippen MR) is 354 cm³/mol. The van der Waals surface area contributed by atoms with Crippen LogP contribution in [-0.2, 0) is 60.6 Å². The van der Waals surface area contributed by atoms with Crippen LogP contribution in [0.3, 0.4) is 0 Å². The molecule has 0 spiro atoms. The Labute approximate surface area is 572 Å². The standard InChI is InChI=1S/2C28H30N4O6.2C7H9N.2Zn/c2*1-27(2,3)19-11-17(25(33)21(13-19)28(4,5)6)15-29-22-9-7-8-10-23(22)30-16-18-12-20(31(35)36)14-24(26(18)34)32(37)38;2*1-6-4-3-5-7(2)8-6;;/h2*7-16,33-34H,1-6H3;2*3-5H,1-2H3;;/q;;;;2*+2/p-4. The first-order valence-electron chi connectivity index (χ1n) is 28.9. The second-order valence-corrected chi connectivity index (χ2v) is 25.5. The molecule has 8 rings (SSSR count). The summed E-state index contributed by atoms with van der Waals surface area (Å²) in [5.41, 5.74) is 5.07. The molecule has 0 N–H and O–H groups in total. The third-order valence-electron chi connectivity index (χ3n) is 13.8. The third-order valence-corrected chi connectivity index (χ3v) is 13.8. The molecule has 0 saturated carbocycles. The van der Waals surface area contributed by atoms with Crippen LogP contribution >= 0.6 is 0 Å². The Morgan fingerprint density at radius 2 is 0.596 bits per heavy atom. The summed E-state index contributed by atoms with van der Waals surface area (Å²) in [5, 5.41) is 96.1. The average molecular weight is 1380 g/mol. The maximum absolute atomic E-state index is 13.3. The third kappa shape index (κ3) is 22.3. The number of hydrogen-bond donors (Lipinski definition) is 0. The Bertz CT molecular complexity index is 3880. The Hall–Kier alpha value is -9.65. The average Bonchev–Trinajstić information content (AvgIpc) is 0.802. The number of non-ortho nitro benzene ring substituents is 2. The maximum atomic E-state index is 13.3. The van der Waals surface area contributed by atoms with E-state index in [1.54, 1.807) is 48.5 Å². The Morgan fingerprint density at radius 3 is 0.798 bits per heavy atom. The number of para-hydroxylation sites is 4. The van der Waals surface area contributed by atoms with Gasteiger partial charge in [0.15, 0.2) is 0 Å². The van der Waals surface area contributed by atoms with Crippen molar-refractivity contribution in [2.75, 3.05) is 0 Å². The van der Waals surface area contributed by atoms with Crippen LogP contribution in [0.25, 0.3) is 0 Å². The van der Waals surface area contributed by atoms with Crippen LogP contribution in [-0.4, -0.2) is 54.5 Å². The zero-order valence-corrected chi connectivity index (χ0v) is 61.7. The van der Waals surface area contributed by atoms with E-state index in [4.69, 9.17) is 0 Å². The number of nitro groups is 4. The topological polar surface area (TPSA) is 340 Å². The van der Waals surface area contributed by atoms with Gasteiger partial charge < -0.3 is 20.4 Å². The largest absolute Gasteiger partial charge is 2.00 e. The number of hydrogen-bond acceptors (Lipinski definition) is 18. The summed E-state index contributed by atoms with van der Waals surface area (Å²) < 4.78 is 0. The summed E-state index contributed by atoms with van der Waals surface area (Å²) in [5.74, 6) is -2.24. The molecule has 94 heavy (non-hydrogen) atoms. The van der Waals surface area contributed by atoms with Gasteiger partial charge in [-0.2, -0.15) is 0 Å². The molecule has 0 fully saturated rings. The van der Waals surface area contributed by atoms with Crippen molar-refractivity contribution >= 4 is 70.4 Å². The van der Waals surface area contributed by atoms with Gasteiger partial charge in [0.25, 0.3) is 22.7 Å². The van der Waals surface area contributed by atoms with Crippen molar-refractivity contribution < 1.29 is 79.1 Å². The van der Waals surface area contributed by atoms with Gasteiger partial charge >= 0.3 is 39.0 Å². The summed E-state index contributed by atoms with van der Waals surface area (Å²) in [6.45, 7) is 32.2.